The van der Waals surface area contributed by atoms with Gasteiger partial charge in [-0.05, 0) is 40.0 Å². The first kappa shape index (κ1) is 13.3. The van der Waals surface area contributed by atoms with Crippen LogP contribution in [-0.2, 0) is 14.3 Å². The van der Waals surface area contributed by atoms with Gasteiger partial charge < -0.3 is 9.47 Å². The van der Waals surface area contributed by atoms with Crippen LogP contribution in [0.4, 0.5) is 0 Å². The summed E-state index contributed by atoms with van der Waals surface area (Å²) >= 11 is 0. The van der Waals surface area contributed by atoms with E-state index in [4.69, 9.17) is 9.47 Å². The van der Waals surface area contributed by atoms with Crippen molar-refractivity contribution in [2.24, 2.45) is 5.92 Å². The van der Waals surface area contributed by atoms with Crippen LogP contribution in [0.1, 0.15) is 40.0 Å². The van der Waals surface area contributed by atoms with Crippen molar-refractivity contribution in [3.05, 3.63) is 23.5 Å². The van der Waals surface area contributed by atoms with Crippen LogP contribution in [0.5, 0.6) is 0 Å². The van der Waals surface area contributed by atoms with E-state index in [2.05, 4.69) is 6.58 Å². The Kier molecular flexibility index (Phi) is 3.62. The minimum atomic E-state index is -0.859. The lowest BCUT2D eigenvalue weighted by Crippen LogP contribution is -2.58. The summed E-state index contributed by atoms with van der Waals surface area (Å²) in [4.78, 5) is 12.4. The summed E-state index contributed by atoms with van der Waals surface area (Å²) in [6.45, 7) is 10.9. The van der Waals surface area contributed by atoms with Crippen LogP contribution >= 0.6 is 0 Å². The molecule has 2 aliphatic rings. The van der Waals surface area contributed by atoms with E-state index in [1.54, 1.807) is 0 Å². The first-order valence-electron chi connectivity index (χ1n) is 6.80. The standard InChI is InChI=1S/C15H22O3/c1-5-17-14-11(4)13(16)15(14,18-6-2)12-9-7-8-10(12)3/h12H,3,5-9H2,1-2,4H3. The van der Waals surface area contributed by atoms with Crippen LogP contribution in [0.2, 0.25) is 0 Å². The minimum absolute atomic E-state index is 0.0841. The van der Waals surface area contributed by atoms with Crippen molar-refractivity contribution in [1.29, 1.82) is 0 Å². The lowest BCUT2D eigenvalue weighted by Gasteiger charge is -2.46. The molecule has 0 aromatic carbocycles. The van der Waals surface area contributed by atoms with Crippen LogP contribution in [0.25, 0.3) is 0 Å². The molecule has 0 bridgehead atoms. The fourth-order valence-corrected chi connectivity index (χ4v) is 3.24. The van der Waals surface area contributed by atoms with Gasteiger partial charge in [0.2, 0.25) is 5.78 Å². The summed E-state index contributed by atoms with van der Waals surface area (Å²) in [7, 11) is 0. The number of ketones is 1. The van der Waals surface area contributed by atoms with E-state index in [0.717, 1.165) is 30.6 Å². The van der Waals surface area contributed by atoms with Gasteiger partial charge in [0.25, 0.3) is 0 Å². The molecule has 2 unspecified atom stereocenters. The second kappa shape index (κ2) is 4.88. The molecule has 0 saturated heterocycles. The Morgan fingerprint density at radius 3 is 2.61 bits per heavy atom. The first-order valence-corrected chi connectivity index (χ1v) is 6.80. The molecule has 100 valence electrons. The summed E-state index contributed by atoms with van der Waals surface area (Å²) in [6, 6.07) is 0. The van der Waals surface area contributed by atoms with E-state index < -0.39 is 5.60 Å². The van der Waals surface area contributed by atoms with Crippen molar-refractivity contribution >= 4 is 5.78 Å². The Hall–Kier alpha value is -1.09. The van der Waals surface area contributed by atoms with E-state index >= 15 is 0 Å². The fraction of sp³-hybridized carbons (Fsp3) is 0.667. The first-order chi connectivity index (χ1) is 8.59. The van der Waals surface area contributed by atoms with Gasteiger partial charge in [0.1, 0.15) is 5.76 Å². The van der Waals surface area contributed by atoms with Gasteiger partial charge in [-0.25, -0.2) is 0 Å². The molecule has 1 fully saturated rings. The average Bonchev–Trinajstić information content (AvgIpc) is 2.79. The Bertz CT molecular complexity index is 408. The predicted molar refractivity (Wildman–Crippen MR) is 70.2 cm³/mol. The Balaban J connectivity index is 2.39. The topological polar surface area (TPSA) is 35.5 Å². The molecule has 0 heterocycles. The van der Waals surface area contributed by atoms with E-state index in [1.165, 1.54) is 0 Å². The lowest BCUT2D eigenvalue weighted by atomic mass is 9.68. The lowest BCUT2D eigenvalue weighted by molar-refractivity contribution is -0.155. The second-order valence-corrected chi connectivity index (χ2v) is 4.99. The molecule has 3 nitrogen and oxygen atoms in total. The zero-order chi connectivity index (χ0) is 13.3. The zero-order valence-electron chi connectivity index (χ0n) is 11.5. The van der Waals surface area contributed by atoms with Crippen LogP contribution in [0, 0.1) is 5.92 Å². The number of hydrogen-bond acceptors (Lipinski definition) is 3. The molecule has 0 aromatic heterocycles. The fourth-order valence-electron chi connectivity index (χ4n) is 3.24. The molecule has 0 aromatic rings. The van der Waals surface area contributed by atoms with Crippen molar-refractivity contribution in [2.45, 2.75) is 45.6 Å². The molecule has 0 aliphatic heterocycles. The zero-order valence-corrected chi connectivity index (χ0v) is 11.5. The van der Waals surface area contributed by atoms with Gasteiger partial charge in [-0.1, -0.05) is 12.2 Å². The third-order valence-electron chi connectivity index (χ3n) is 3.99. The van der Waals surface area contributed by atoms with Gasteiger partial charge in [0.05, 0.1) is 6.61 Å². The molecule has 2 rings (SSSR count). The number of rotatable bonds is 5. The SMILES string of the molecule is C=C1CCCC1C1(OCC)C(=O)C(C)=C1OCC. The van der Waals surface area contributed by atoms with Crippen molar-refractivity contribution < 1.29 is 14.3 Å². The number of Topliss-reactive ketones (excluding diaryl/α,β-unsaturated/α-hetero) is 1. The van der Waals surface area contributed by atoms with E-state index in [-0.39, 0.29) is 11.7 Å². The third kappa shape index (κ3) is 1.64. The van der Waals surface area contributed by atoms with Gasteiger partial charge in [-0.3, -0.25) is 4.79 Å². The van der Waals surface area contributed by atoms with Gasteiger partial charge >= 0.3 is 0 Å². The van der Waals surface area contributed by atoms with Gasteiger partial charge in [-0.15, -0.1) is 0 Å². The van der Waals surface area contributed by atoms with Gasteiger partial charge in [0.15, 0.2) is 5.60 Å². The van der Waals surface area contributed by atoms with Crippen molar-refractivity contribution in [3.63, 3.8) is 0 Å². The smallest absolute Gasteiger partial charge is 0.202 e. The van der Waals surface area contributed by atoms with Crippen LogP contribution in [-0.4, -0.2) is 24.6 Å². The molecule has 2 atom stereocenters. The summed E-state index contributed by atoms with van der Waals surface area (Å²) in [5.74, 6) is 0.918. The number of ether oxygens (including phenoxy) is 2. The van der Waals surface area contributed by atoms with E-state index in [1.807, 2.05) is 20.8 Å². The minimum Gasteiger partial charge on any atom is -0.494 e. The Labute approximate surface area is 109 Å². The van der Waals surface area contributed by atoms with Crippen molar-refractivity contribution in [3.8, 4) is 0 Å². The van der Waals surface area contributed by atoms with Crippen LogP contribution < -0.4 is 0 Å². The summed E-state index contributed by atoms with van der Waals surface area (Å²) in [6.07, 6.45) is 3.05. The molecule has 3 heteroatoms. The number of carbonyl (C=O) groups is 1. The number of hydrogen-bond donors (Lipinski definition) is 0. The predicted octanol–water partition coefficient (Wildman–Crippen LogP) is 3.01. The molecule has 0 radical (unpaired) electrons. The summed E-state index contributed by atoms with van der Waals surface area (Å²) in [5, 5.41) is 0. The highest BCUT2D eigenvalue weighted by Gasteiger charge is 2.60. The molecular formula is C15H22O3. The van der Waals surface area contributed by atoms with E-state index in [9.17, 15) is 4.79 Å². The largest absolute Gasteiger partial charge is 0.494 e. The van der Waals surface area contributed by atoms with Gasteiger partial charge in [0, 0.05) is 18.1 Å². The molecule has 0 spiro atoms. The maximum Gasteiger partial charge on any atom is 0.202 e. The maximum atomic E-state index is 12.4. The van der Waals surface area contributed by atoms with Crippen molar-refractivity contribution in [2.75, 3.05) is 13.2 Å². The summed E-state index contributed by atoms with van der Waals surface area (Å²) in [5.41, 5.74) is 0.981. The molecule has 0 amide bonds. The Morgan fingerprint density at radius 1 is 1.39 bits per heavy atom. The summed E-state index contributed by atoms with van der Waals surface area (Å²) < 4.78 is 11.6. The normalized spacial score (nSPS) is 31.8. The van der Waals surface area contributed by atoms with E-state index in [0.29, 0.717) is 18.8 Å². The molecule has 18 heavy (non-hydrogen) atoms. The third-order valence-corrected chi connectivity index (χ3v) is 3.99. The number of carbonyl (C=O) groups excluding carboxylic acids is 1. The highest BCUT2D eigenvalue weighted by atomic mass is 16.6. The molecular weight excluding hydrogens is 228 g/mol. The highest BCUT2D eigenvalue weighted by Crippen LogP contribution is 2.51. The van der Waals surface area contributed by atoms with Crippen LogP contribution in [0.3, 0.4) is 0 Å². The molecule has 1 saturated carbocycles. The monoisotopic (exact) mass is 250 g/mol. The average molecular weight is 250 g/mol. The Morgan fingerprint density at radius 2 is 2.11 bits per heavy atom. The van der Waals surface area contributed by atoms with Crippen molar-refractivity contribution in [1.82, 2.24) is 0 Å². The highest BCUT2D eigenvalue weighted by molar-refractivity contribution is 6.12. The maximum absolute atomic E-state index is 12.4. The molecule has 2 aliphatic carbocycles. The second-order valence-electron chi connectivity index (χ2n) is 4.99. The van der Waals surface area contributed by atoms with Crippen LogP contribution in [0.15, 0.2) is 23.5 Å². The molecule has 0 N–H and O–H groups in total. The van der Waals surface area contributed by atoms with Gasteiger partial charge in [-0.2, -0.15) is 0 Å². The quantitative estimate of drug-likeness (QED) is 0.704.